The maximum Gasteiger partial charge on any atom is 0.231 e. The fourth-order valence-electron chi connectivity index (χ4n) is 2.98. The second kappa shape index (κ2) is 12.7. The van der Waals surface area contributed by atoms with E-state index in [0.29, 0.717) is 17.9 Å². The van der Waals surface area contributed by atoms with Crippen molar-refractivity contribution in [1.82, 2.24) is 10.3 Å². The molecule has 178 valence electrons. The number of benzene rings is 2. The minimum atomic E-state index is -3.39. The molecular formula is C22H27ClN4O4S2. The van der Waals surface area contributed by atoms with Gasteiger partial charge in [0.25, 0.3) is 0 Å². The van der Waals surface area contributed by atoms with Crippen molar-refractivity contribution in [1.29, 1.82) is 0 Å². The Morgan fingerprint density at radius 3 is 2.48 bits per heavy atom. The summed E-state index contributed by atoms with van der Waals surface area (Å²) >= 11 is 1.13. The third kappa shape index (κ3) is 9.48. The lowest BCUT2D eigenvalue weighted by Gasteiger charge is -2.12. The summed E-state index contributed by atoms with van der Waals surface area (Å²) in [4.78, 5) is 16.3. The molecule has 2 aromatic carbocycles. The van der Waals surface area contributed by atoms with Crippen LogP contribution < -0.4 is 15.4 Å². The van der Waals surface area contributed by atoms with Crippen LogP contribution in [-0.2, 0) is 27.7 Å². The van der Waals surface area contributed by atoms with Crippen LogP contribution >= 0.6 is 23.7 Å². The van der Waals surface area contributed by atoms with Crippen molar-refractivity contribution in [2.75, 3.05) is 29.4 Å². The van der Waals surface area contributed by atoms with Crippen molar-refractivity contribution in [3.63, 3.8) is 0 Å². The van der Waals surface area contributed by atoms with Gasteiger partial charge in [0.15, 0.2) is 5.13 Å². The maximum absolute atomic E-state index is 12.2. The van der Waals surface area contributed by atoms with Gasteiger partial charge in [0.05, 0.1) is 24.5 Å². The number of aliphatic hydroxyl groups excluding tert-OH is 1. The number of hydrogen-bond acceptors (Lipinski definition) is 7. The molecule has 0 aliphatic carbocycles. The van der Waals surface area contributed by atoms with Crippen LogP contribution in [0.25, 0.3) is 0 Å². The van der Waals surface area contributed by atoms with E-state index in [9.17, 15) is 18.3 Å². The first kappa shape index (κ1) is 26.7. The normalized spacial score (nSPS) is 11.9. The first-order valence-corrected chi connectivity index (χ1v) is 12.8. The van der Waals surface area contributed by atoms with E-state index < -0.39 is 16.1 Å². The van der Waals surface area contributed by atoms with Gasteiger partial charge in [0.2, 0.25) is 15.9 Å². The molecule has 33 heavy (non-hydrogen) atoms. The molecule has 1 amide bonds. The van der Waals surface area contributed by atoms with Crippen LogP contribution in [0.3, 0.4) is 0 Å². The van der Waals surface area contributed by atoms with E-state index in [1.165, 1.54) is 0 Å². The van der Waals surface area contributed by atoms with Crippen LogP contribution in [0.4, 0.5) is 10.8 Å². The van der Waals surface area contributed by atoms with Crippen molar-refractivity contribution in [2.24, 2.45) is 0 Å². The monoisotopic (exact) mass is 510 g/mol. The van der Waals surface area contributed by atoms with E-state index in [1.54, 1.807) is 5.38 Å². The van der Waals surface area contributed by atoms with Gasteiger partial charge in [-0.25, -0.2) is 13.4 Å². The average Bonchev–Trinajstić information content (AvgIpc) is 3.17. The molecule has 0 spiro atoms. The predicted molar refractivity (Wildman–Crippen MR) is 135 cm³/mol. The number of amides is 1. The number of sulfonamides is 1. The minimum Gasteiger partial charge on any atom is -0.387 e. The van der Waals surface area contributed by atoms with Crippen LogP contribution in [0.15, 0.2) is 60.0 Å². The number of hydrogen-bond donors (Lipinski definition) is 4. The highest BCUT2D eigenvalue weighted by Gasteiger charge is 2.11. The quantitative estimate of drug-likeness (QED) is 0.294. The number of thiazole rings is 1. The van der Waals surface area contributed by atoms with E-state index in [2.05, 4.69) is 20.3 Å². The summed E-state index contributed by atoms with van der Waals surface area (Å²) in [5.74, 6) is -0.231. The third-order valence-corrected chi connectivity index (χ3v) is 6.02. The summed E-state index contributed by atoms with van der Waals surface area (Å²) in [6.45, 7) is 1.21. The van der Waals surface area contributed by atoms with Crippen molar-refractivity contribution in [3.8, 4) is 0 Å². The lowest BCUT2D eigenvalue weighted by molar-refractivity contribution is -0.115. The fourth-order valence-corrected chi connectivity index (χ4v) is 4.55. The summed E-state index contributed by atoms with van der Waals surface area (Å²) in [7, 11) is -3.39. The van der Waals surface area contributed by atoms with Crippen molar-refractivity contribution >= 4 is 50.5 Å². The molecule has 0 aliphatic heterocycles. The molecule has 1 atom stereocenters. The first-order valence-electron chi connectivity index (χ1n) is 10.0. The number of halogens is 1. The van der Waals surface area contributed by atoms with Gasteiger partial charge in [-0.2, -0.15) is 0 Å². The summed E-state index contributed by atoms with van der Waals surface area (Å²) in [6.07, 6.45) is 1.36. The number of nitrogens with one attached hydrogen (secondary N) is 3. The van der Waals surface area contributed by atoms with Gasteiger partial charge in [-0.15, -0.1) is 23.7 Å². The first-order chi connectivity index (χ1) is 15.3. The van der Waals surface area contributed by atoms with E-state index in [4.69, 9.17) is 0 Å². The second-order valence-electron chi connectivity index (χ2n) is 7.32. The molecular weight excluding hydrogens is 484 g/mol. The van der Waals surface area contributed by atoms with E-state index in [-0.39, 0.29) is 29.9 Å². The summed E-state index contributed by atoms with van der Waals surface area (Å²) in [5.41, 5.74) is 3.18. The Bertz CT molecular complexity index is 1120. The van der Waals surface area contributed by atoms with Crippen LogP contribution in [0, 0.1) is 0 Å². The molecule has 1 heterocycles. The SMILES string of the molecule is CS(=O)(=O)Nc1nc(CC(=O)Nc2ccc(CCNC[C@H](O)c3ccccc3)cc2)cs1.Cl. The average molecular weight is 511 g/mol. The van der Waals surface area contributed by atoms with Gasteiger partial charge >= 0.3 is 0 Å². The zero-order valence-electron chi connectivity index (χ0n) is 18.0. The molecule has 0 aliphatic rings. The Hall–Kier alpha value is -2.50. The number of nitrogens with zero attached hydrogens (tertiary/aromatic N) is 1. The Kier molecular flexibility index (Phi) is 10.3. The number of aliphatic hydroxyl groups is 1. The van der Waals surface area contributed by atoms with Crippen LogP contribution in [0.5, 0.6) is 0 Å². The fraction of sp³-hybridized carbons (Fsp3) is 0.273. The van der Waals surface area contributed by atoms with Gasteiger partial charge in [0, 0.05) is 17.6 Å². The van der Waals surface area contributed by atoms with Gasteiger partial charge in [-0.05, 0) is 36.2 Å². The third-order valence-electron chi connectivity index (χ3n) is 4.52. The zero-order valence-corrected chi connectivity index (χ0v) is 20.5. The highest BCUT2D eigenvalue weighted by Crippen LogP contribution is 2.17. The number of anilines is 2. The summed E-state index contributed by atoms with van der Waals surface area (Å²) < 4.78 is 24.8. The van der Waals surface area contributed by atoms with E-state index in [0.717, 1.165) is 41.7 Å². The van der Waals surface area contributed by atoms with Crippen molar-refractivity contribution < 1.29 is 18.3 Å². The molecule has 0 bridgehead atoms. The molecule has 0 unspecified atom stereocenters. The molecule has 0 radical (unpaired) electrons. The van der Waals surface area contributed by atoms with Gasteiger partial charge < -0.3 is 15.7 Å². The van der Waals surface area contributed by atoms with Crippen molar-refractivity contribution in [3.05, 3.63) is 76.8 Å². The van der Waals surface area contributed by atoms with Gasteiger partial charge in [0.1, 0.15) is 0 Å². The molecule has 3 aromatic rings. The number of carbonyl (C=O) groups is 1. The lowest BCUT2D eigenvalue weighted by Crippen LogP contribution is -2.23. The highest BCUT2D eigenvalue weighted by atomic mass is 35.5. The molecule has 8 nitrogen and oxygen atoms in total. The Balaban J connectivity index is 0.00000385. The standard InChI is InChI=1S/C22H26N4O4S2.ClH/c1-32(29,30)26-22-25-19(15-31-22)13-21(28)24-18-9-7-16(8-10-18)11-12-23-14-20(27)17-5-3-2-4-6-17;/h2-10,15,20,23,27H,11-14H2,1H3,(H,24,28)(H,25,26);1H/t20-;/m0./s1. The topological polar surface area (TPSA) is 120 Å². The number of rotatable bonds is 11. The van der Waals surface area contributed by atoms with Crippen LogP contribution in [0.1, 0.15) is 22.9 Å². The maximum atomic E-state index is 12.2. The predicted octanol–water partition coefficient (Wildman–Crippen LogP) is 2.98. The highest BCUT2D eigenvalue weighted by molar-refractivity contribution is 7.92. The van der Waals surface area contributed by atoms with Crippen molar-refractivity contribution in [2.45, 2.75) is 18.9 Å². The smallest absolute Gasteiger partial charge is 0.231 e. The second-order valence-corrected chi connectivity index (χ2v) is 9.93. The zero-order chi connectivity index (χ0) is 23.0. The van der Waals surface area contributed by atoms with Crippen LogP contribution in [0.2, 0.25) is 0 Å². The Morgan fingerprint density at radius 1 is 1.12 bits per heavy atom. The Morgan fingerprint density at radius 2 is 1.82 bits per heavy atom. The van der Waals surface area contributed by atoms with Gasteiger partial charge in [-0.1, -0.05) is 42.5 Å². The van der Waals surface area contributed by atoms with E-state index in [1.807, 2.05) is 54.6 Å². The molecule has 0 fully saturated rings. The molecule has 4 N–H and O–H groups in total. The largest absolute Gasteiger partial charge is 0.387 e. The molecule has 0 saturated heterocycles. The number of aromatic nitrogens is 1. The molecule has 11 heteroatoms. The molecule has 1 aromatic heterocycles. The van der Waals surface area contributed by atoms with Crippen LogP contribution in [-0.4, -0.2) is 43.8 Å². The summed E-state index contributed by atoms with van der Waals surface area (Å²) in [5, 5.41) is 18.1. The van der Waals surface area contributed by atoms with Gasteiger partial charge in [-0.3, -0.25) is 9.52 Å². The molecule has 0 saturated carbocycles. The lowest BCUT2D eigenvalue weighted by atomic mass is 10.1. The Labute approximate surface area is 203 Å². The van der Waals surface area contributed by atoms with E-state index >= 15 is 0 Å². The summed E-state index contributed by atoms with van der Waals surface area (Å²) in [6, 6.07) is 17.1. The molecule has 3 rings (SSSR count). The number of carbonyl (C=O) groups excluding carboxylic acids is 1. The minimum absolute atomic E-state index is 0.